The molecule has 0 radical (unpaired) electrons. The van der Waals surface area contributed by atoms with E-state index in [9.17, 15) is 13.2 Å². The molecule has 0 amide bonds. The van der Waals surface area contributed by atoms with Crippen molar-refractivity contribution in [1.29, 1.82) is 0 Å². The molecule has 1 aliphatic rings. The first-order chi connectivity index (χ1) is 17.2. The van der Waals surface area contributed by atoms with Gasteiger partial charge in [0.1, 0.15) is 0 Å². The maximum Gasteiger partial charge on any atom is 0.416 e. The lowest BCUT2D eigenvalue weighted by atomic mass is 9.98. The van der Waals surface area contributed by atoms with Crippen molar-refractivity contribution in [3.63, 3.8) is 0 Å². The van der Waals surface area contributed by atoms with Crippen LogP contribution in [0.1, 0.15) is 56.7 Å². The van der Waals surface area contributed by atoms with Crippen LogP contribution >= 0.6 is 12.2 Å². The maximum atomic E-state index is 13.2. The van der Waals surface area contributed by atoms with E-state index in [0.717, 1.165) is 77.1 Å². The Morgan fingerprint density at radius 1 is 1.06 bits per heavy atom. The van der Waals surface area contributed by atoms with Crippen LogP contribution in [-0.4, -0.2) is 54.2 Å². The second kappa shape index (κ2) is 13.3. The molecule has 4 nitrogen and oxygen atoms in total. The number of anilines is 2. The summed E-state index contributed by atoms with van der Waals surface area (Å²) in [5.41, 5.74) is 3.53. The third kappa shape index (κ3) is 7.84. The number of rotatable bonds is 11. The molecule has 3 rings (SSSR count). The van der Waals surface area contributed by atoms with Gasteiger partial charge in [-0.05, 0) is 92.9 Å². The number of benzene rings is 2. The molecule has 0 aromatic heterocycles. The van der Waals surface area contributed by atoms with Gasteiger partial charge >= 0.3 is 6.18 Å². The first kappa shape index (κ1) is 28.3. The molecule has 0 saturated carbocycles. The van der Waals surface area contributed by atoms with Crippen LogP contribution in [0.3, 0.4) is 0 Å². The number of thiocarbonyl (C=S) groups is 1. The van der Waals surface area contributed by atoms with Crippen LogP contribution < -0.4 is 10.2 Å². The maximum absolute atomic E-state index is 13.2. The summed E-state index contributed by atoms with van der Waals surface area (Å²) >= 11 is 5.72. The minimum Gasteiger partial charge on any atom is -0.371 e. The quantitative estimate of drug-likeness (QED) is 0.328. The molecule has 0 spiro atoms. The highest BCUT2D eigenvalue weighted by molar-refractivity contribution is 7.80. The monoisotopic (exact) mass is 520 g/mol. The van der Waals surface area contributed by atoms with E-state index in [2.05, 4.69) is 59.0 Å². The van der Waals surface area contributed by atoms with Gasteiger partial charge in [-0.1, -0.05) is 39.0 Å². The number of alkyl halides is 3. The molecule has 0 aliphatic carbocycles. The molecule has 0 atom stereocenters. The molecule has 1 heterocycles. The van der Waals surface area contributed by atoms with E-state index in [4.69, 9.17) is 12.2 Å². The van der Waals surface area contributed by atoms with Crippen molar-refractivity contribution in [1.82, 2.24) is 9.80 Å². The third-order valence-corrected chi connectivity index (χ3v) is 7.11. The van der Waals surface area contributed by atoms with Gasteiger partial charge in [0.05, 0.1) is 5.56 Å². The van der Waals surface area contributed by atoms with Crippen molar-refractivity contribution in [2.24, 2.45) is 0 Å². The first-order valence-corrected chi connectivity index (χ1v) is 13.5. The molecular weight excluding hydrogens is 481 g/mol. The zero-order valence-electron chi connectivity index (χ0n) is 21.7. The Morgan fingerprint density at radius 2 is 1.83 bits per heavy atom. The number of hydrogen-bond donors (Lipinski definition) is 1. The van der Waals surface area contributed by atoms with Crippen molar-refractivity contribution in [3.8, 4) is 0 Å². The summed E-state index contributed by atoms with van der Waals surface area (Å²) in [4.78, 5) is 6.90. The first-order valence-electron chi connectivity index (χ1n) is 13.1. The van der Waals surface area contributed by atoms with E-state index >= 15 is 0 Å². The van der Waals surface area contributed by atoms with Gasteiger partial charge in [0.25, 0.3) is 0 Å². The van der Waals surface area contributed by atoms with E-state index in [1.165, 1.54) is 22.9 Å². The smallest absolute Gasteiger partial charge is 0.371 e. The minimum atomic E-state index is -4.39. The number of hydrogen-bond acceptors (Lipinski definition) is 3. The summed E-state index contributed by atoms with van der Waals surface area (Å²) in [6.45, 7) is 12.9. The van der Waals surface area contributed by atoms with Gasteiger partial charge < -0.3 is 20.0 Å². The zero-order chi connectivity index (χ0) is 26.1. The summed E-state index contributed by atoms with van der Waals surface area (Å²) in [5.74, 6) is 0. The molecule has 0 unspecified atom stereocenters. The summed E-state index contributed by atoms with van der Waals surface area (Å²) < 4.78 is 39.6. The number of nitrogens with one attached hydrogen (secondary N) is 1. The Balaban J connectivity index is 1.76. The fraction of sp³-hybridized carbons (Fsp3) is 0.536. The number of nitrogens with zero attached hydrogens (tertiary/aromatic N) is 3. The summed E-state index contributed by atoms with van der Waals surface area (Å²) in [6.07, 6.45) is -0.131. The average Bonchev–Trinajstić information content (AvgIpc) is 2.86. The number of fused-ring (bicyclic) bond motifs is 1. The van der Waals surface area contributed by atoms with Crippen molar-refractivity contribution in [2.75, 3.05) is 49.5 Å². The Hall–Kier alpha value is -2.32. The average molecular weight is 521 g/mol. The molecule has 1 N–H and O–H groups in total. The molecule has 2 aromatic carbocycles. The largest absolute Gasteiger partial charge is 0.416 e. The topological polar surface area (TPSA) is 21.8 Å². The molecule has 8 heteroatoms. The van der Waals surface area contributed by atoms with E-state index in [0.29, 0.717) is 17.3 Å². The molecule has 36 heavy (non-hydrogen) atoms. The Bertz CT molecular complexity index is 991. The highest BCUT2D eigenvalue weighted by atomic mass is 32.1. The lowest BCUT2D eigenvalue weighted by Crippen LogP contribution is -2.37. The summed E-state index contributed by atoms with van der Waals surface area (Å²) in [5, 5.41) is 3.51. The highest BCUT2D eigenvalue weighted by Crippen LogP contribution is 2.31. The summed E-state index contributed by atoms with van der Waals surface area (Å²) in [7, 11) is 0. The van der Waals surface area contributed by atoms with Crippen LogP contribution in [0.5, 0.6) is 0 Å². The van der Waals surface area contributed by atoms with Gasteiger partial charge in [0.15, 0.2) is 5.11 Å². The van der Waals surface area contributed by atoms with E-state index in [1.54, 1.807) is 6.07 Å². The molecule has 0 saturated heterocycles. The van der Waals surface area contributed by atoms with Crippen LogP contribution in [-0.2, 0) is 19.1 Å². The second-order valence-corrected chi connectivity index (χ2v) is 9.75. The van der Waals surface area contributed by atoms with Gasteiger partial charge in [0, 0.05) is 37.6 Å². The molecule has 0 bridgehead atoms. The van der Waals surface area contributed by atoms with Crippen LogP contribution in [0.25, 0.3) is 0 Å². The Kier molecular flexibility index (Phi) is 10.4. The third-order valence-electron chi connectivity index (χ3n) is 6.75. The van der Waals surface area contributed by atoms with E-state index < -0.39 is 11.7 Å². The van der Waals surface area contributed by atoms with Crippen LogP contribution in [0.2, 0.25) is 0 Å². The van der Waals surface area contributed by atoms with Gasteiger partial charge in [-0.25, -0.2) is 0 Å². The number of aryl methyl sites for hydroxylation is 1. The second-order valence-electron chi connectivity index (χ2n) is 9.36. The van der Waals surface area contributed by atoms with Crippen LogP contribution in [0, 0.1) is 0 Å². The van der Waals surface area contributed by atoms with E-state index in [1.807, 2.05) is 0 Å². The van der Waals surface area contributed by atoms with Gasteiger partial charge in [-0.3, -0.25) is 0 Å². The van der Waals surface area contributed by atoms with Gasteiger partial charge in [0.2, 0.25) is 0 Å². The Labute approximate surface area is 219 Å². The van der Waals surface area contributed by atoms with Crippen molar-refractivity contribution in [3.05, 3.63) is 59.2 Å². The fourth-order valence-electron chi connectivity index (χ4n) is 4.80. The predicted octanol–water partition coefficient (Wildman–Crippen LogP) is 6.80. The van der Waals surface area contributed by atoms with Crippen molar-refractivity contribution >= 4 is 28.7 Å². The SMILES string of the molecule is CCCN1CCCc2cc(CN(CCCN(CC)CC)C(=S)Nc3cccc(C(F)(F)F)c3)ccc21. The van der Waals surface area contributed by atoms with E-state index in [-0.39, 0.29) is 0 Å². The van der Waals surface area contributed by atoms with Crippen molar-refractivity contribution in [2.45, 2.75) is 59.2 Å². The minimum absolute atomic E-state index is 0.351. The lowest BCUT2D eigenvalue weighted by molar-refractivity contribution is -0.137. The standard InChI is InChI=1S/C28H39F3N4S/c1-4-15-34-17-8-10-23-19-22(13-14-26(23)34)21-35(18-9-16-33(5-2)6-3)27(36)32-25-12-7-11-24(20-25)28(29,30)31/h7,11-14,19-20H,4-6,8-10,15-18,21H2,1-3H3,(H,32,36). The molecule has 0 fully saturated rings. The highest BCUT2D eigenvalue weighted by Gasteiger charge is 2.30. The molecule has 198 valence electrons. The van der Waals surface area contributed by atoms with Crippen LogP contribution in [0.15, 0.2) is 42.5 Å². The van der Waals surface area contributed by atoms with Crippen LogP contribution in [0.4, 0.5) is 24.5 Å². The van der Waals surface area contributed by atoms with Crippen molar-refractivity contribution < 1.29 is 13.2 Å². The molecule has 1 aliphatic heterocycles. The normalized spacial score (nSPS) is 13.6. The fourth-order valence-corrected chi connectivity index (χ4v) is 5.08. The molecule has 2 aromatic rings. The lowest BCUT2D eigenvalue weighted by Gasteiger charge is -2.32. The van der Waals surface area contributed by atoms with Gasteiger partial charge in [-0.2, -0.15) is 13.2 Å². The Morgan fingerprint density at radius 3 is 2.53 bits per heavy atom. The molecular formula is C28H39F3N4S. The summed E-state index contributed by atoms with van der Waals surface area (Å²) in [6, 6.07) is 11.9. The van der Waals surface area contributed by atoms with Gasteiger partial charge in [-0.15, -0.1) is 0 Å². The zero-order valence-corrected chi connectivity index (χ0v) is 22.5. The number of halogens is 3. The predicted molar refractivity (Wildman–Crippen MR) is 148 cm³/mol.